The third kappa shape index (κ3) is 7.80. The first-order valence-corrected chi connectivity index (χ1v) is 12.4. The van der Waals surface area contributed by atoms with E-state index in [4.69, 9.17) is 9.11 Å². The van der Waals surface area contributed by atoms with Crippen LogP contribution in [0.1, 0.15) is 15.9 Å². The number of hydrogen-bond donors (Lipinski definition) is 3. The average Bonchev–Trinajstić information content (AvgIpc) is 3.38. The number of nitrogens with zero attached hydrogens (tertiary/aromatic N) is 4. The van der Waals surface area contributed by atoms with Crippen molar-refractivity contribution in [2.75, 3.05) is 0 Å². The quantitative estimate of drug-likeness (QED) is 0.101. The molecule has 0 aliphatic heterocycles. The van der Waals surface area contributed by atoms with Gasteiger partial charge >= 0.3 is 29.6 Å². The van der Waals surface area contributed by atoms with Gasteiger partial charge in [-0.1, -0.05) is 30.3 Å². The van der Waals surface area contributed by atoms with Crippen molar-refractivity contribution in [1.29, 1.82) is 0 Å². The number of non-ortho nitro benzene ring substituents is 1. The fraction of sp³-hybridized carbons (Fsp3) is 0. The Morgan fingerprint density at radius 3 is 1.95 bits per heavy atom. The van der Waals surface area contributed by atoms with E-state index in [0.29, 0.717) is 17.2 Å². The van der Waals surface area contributed by atoms with Crippen LogP contribution in [0.5, 0.6) is 0 Å². The molecule has 1 aromatic heterocycles. The Bertz CT molecular complexity index is 1610. The van der Waals surface area contributed by atoms with Gasteiger partial charge in [0.2, 0.25) is 5.82 Å². The van der Waals surface area contributed by atoms with Crippen LogP contribution < -0.4 is 0 Å². The topological polar surface area (TPSA) is 223 Å². The van der Waals surface area contributed by atoms with Crippen molar-refractivity contribution < 1.29 is 35.7 Å². The fourth-order valence-electron chi connectivity index (χ4n) is 2.83. The zero-order valence-corrected chi connectivity index (χ0v) is 19.4. The third-order valence-electron chi connectivity index (χ3n) is 4.49. The van der Waals surface area contributed by atoms with Gasteiger partial charge in [0.05, 0.1) is 9.82 Å². The molecule has 4 rings (SSSR count). The summed E-state index contributed by atoms with van der Waals surface area (Å²) in [5, 5.41) is 22.8. The van der Waals surface area contributed by atoms with Gasteiger partial charge in [0.25, 0.3) is 25.9 Å². The molecule has 0 aliphatic rings. The van der Waals surface area contributed by atoms with Crippen molar-refractivity contribution in [3.8, 4) is 11.4 Å². The Hall–Kier alpha value is -3.38. The molecule has 37 heavy (non-hydrogen) atoms. The van der Waals surface area contributed by atoms with Gasteiger partial charge in [-0.15, -0.1) is 10.2 Å². The molecule has 0 aliphatic carbocycles. The molecule has 0 unspecified atom stereocenters. The second-order valence-electron chi connectivity index (χ2n) is 6.84. The standard InChI is InChI=1S/C13H9NO3.C7H6N4O6S2.Na.H/c15-13(10-4-2-1-3-5-10)11-6-8-12(9-7-11)14(16)17;12-18(13,14)4-1-2-5(7-8-10-11-9-7)6(3-4)19(15,16)17;;/h1-9H;1-3H,(H,12,13,14)(H,15,16,17)(H,8,9,10,11);;. The molecule has 4 aromatic rings. The van der Waals surface area contributed by atoms with Gasteiger partial charge in [0, 0.05) is 28.8 Å². The van der Waals surface area contributed by atoms with Gasteiger partial charge in [0.15, 0.2) is 5.78 Å². The van der Waals surface area contributed by atoms with E-state index in [1.54, 1.807) is 24.3 Å². The molecular weight excluding hydrogens is 541 g/mol. The summed E-state index contributed by atoms with van der Waals surface area (Å²) < 4.78 is 62.2. The molecule has 3 aromatic carbocycles. The average molecular weight is 557 g/mol. The SMILES string of the molecule is O=C(c1ccccc1)c1ccc([N+](=O)[O-])cc1.O=S(=O)(O)c1ccc(-c2nn[nH]n2)c(S(=O)(=O)O)c1.[NaH]. The van der Waals surface area contributed by atoms with Crippen molar-refractivity contribution >= 4 is 61.3 Å². The molecule has 0 radical (unpaired) electrons. The van der Waals surface area contributed by atoms with Crippen LogP contribution in [0.25, 0.3) is 11.4 Å². The molecule has 3 N–H and O–H groups in total. The minimum absolute atomic E-state index is 0. The van der Waals surface area contributed by atoms with Gasteiger partial charge in [-0.25, -0.2) is 0 Å². The van der Waals surface area contributed by atoms with Crippen molar-refractivity contribution in [1.82, 2.24) is 20.6 Å². The van der Waals surface area contributed by atoms with E-state index < -0.39 is 35.0 Å². The number of aromatic amines is 1. The molecule has 0 atom stereocenters. The summed E-state index contributed by atoms with van der Waals surface area (Å²) in [6, 6.07) is 17.0. The molecular formula is C20H16N5NaO9S2. The number of H-pyrrole nitrogens is 1. The van der Waals surface area contributed by atoms with Crippen LogP contribution >= 0.6 is 0 Å². The van der Waals surface area contributed by atoms with Gasteiger partial charge < -0.3 is 0 Å². The molecule has 188 valence electrons. The first kappa shape index (κ1) is 29.8. The zero-order valence-electron chi connectivity index (χ0n) is 17.8. The normalized spacial score (nSPS) is 11.0. The molecule has 0 saturated heterocycles. The third-order valence-corrected chi connectivity index (χ3v) is 6.23. The Kier molecular flexibility index (Phi) is 9.87. The molecule has 17 heteroatoms. The molecule has 0 spiro atoms. The minimum atomic E-state index is -4.74. The van der Waals surface area contributed by atoms with E-state index in [0.717, 1.165) is 12.1 Å². The first-order valence-electron chi connectivity index (χ1n) is 9.55. The van der Waals surface area contributed by atoms with Gasteiger partial charge in [-0.05, 0) is 35.5 Å². The van der Waals surface area contributed by atoms with Gasteiger partial charge in [-0.3, -0.25) is 24.0 Å². The van der Waals surface area contributed by atoms with E-state index in [1.165, 1.54) is 24.3 Å². The second kappa shape index (κ2) is 12.2. The molecule has 0 amide bonds. The summed E-state index contributed by atoms with van der Waals surface area (Å²) >= 11 is 0. The second-order valence-corrected chi connectivity index (χ2v) is 9.65. The number of rotatable bonds is 6. The molecule has 14 nitrogen and oxygen atoms in total. The van der Waals surface area contributed by atoms with Gasteiger partial charge in [0.1, 0.15) is 4.90 Å². The summed E-state index contributed by atoms with van der Waals surface area (Å²) in [6.07, 6.45) is 0. The van der Waals surface area contributed by atoms with Crippen LogP contribution in [0.15, 0.2) is 82.6 Å². The number of benzene rings is 3. The van der Waals surface area contributed by atoms with E-state index in [1.807, 2.05) is 6.07 Å². The Morgan fingerprint density at radius 1 is 0.865 bits per heavy atom. The zero-order chi connectivity index (χ0) is 26.5. The van der Waals surface area contributed by atoms with E-state index in [2.05, 4.69) is 20.6 Å². The molecule has 0 bridgehead atoms. The van der Waals surface area contributed by atoms with Crippen LogP contribution in [-0.2, 0) is 20.2 Å². The maximum absolute atomic E-state index is 12.0. The van der Waals surface area contributed by atoms with Crippen LogP contribution in [-0.4, -0.2) is 86.8 Å². The number of nitro groups is 1. The number of nitro benzene ring substituents is 1. The Morgan fingerprint density at radius 2 is 1.46 bits per heavy atom. The number of tetrazole rings is 1. The monoisotopic (exact) mass is 557 g/mol. The fourth-order valence-corrected chi connectivity index (χ4v) is 4.12. The number of ketones is 1. The summed E-state index contributed by atoms with van der Waals surface area (Å²) in [4.78, 5) is 20.5. The number of aromatic nitrogens is 4. The number of nitrogens with one attached hydrogen (secondary N) is 1. The molecule has 0 fully saturated rings. The summed E-state index contributed by atoms with van der Waals surface area (Å²) in [5.41, 5.74) is 0.835. The number of carbonyl (C=O) groups is 1. The van der Waals surface area contributed by atoms with Crippen molar-refractivity contribution in [3.63, 3.8) is 0 Å². The van der Waals surface area contributed by atoms with Crippen LogP contribution in [0.2, 0.25) is 0 Å². The summed E-state index contributed by atoms with van der Waals surface area (Å²) in [7, 11) is -9.35. The summed E-state index contributed by atoms with van der Waals surface area (Å²) in [6.45, 7) is 0. The van der Waals surface area contributed by atoms with E-state index in [-0.39, 0.29) is 52.4 Å². The van der Waals surface area contributed by atoms with Crippen LogP contribution in [0, 0.1) is 10.1 Å². The summed E-state index contributed by atoms with van der Waals surface area (Å²) in [5.74, 6) is -0.296. The first-order chi connectivity index (χ1) is 16.9. The van der Waals surface area contributed by atoms with Crippen LogP contribution in [0.3, 0.4) is 0 Å². The Labute approximate surface area is 231 Å². The van der Waals surface area contributed by atoms with Crippen LogP contribution in [0.4, 0.5) is 5.69 Å². The molecule has 0 saturated carbocycles. The number of carbonyl (C=O) groups excluding carboxylic acids is 1. The van der Waals surface area contributed by atoms with Gasteiger partial charge in [-0.2, -0.15) is 22.0 Å². The van der Waals surface area contributed by atoms with E-state index >= 15 is 0 Å². The number of hydrogen-bond acceptors (Lipinski definition) is 10. The van der Waals surface area contributed by atoms with Crippen molar-refractivity contribution in [2.45, 2.75) is 9.79 Å². The predicted octanol–water partition coefficient (Wildman–Crippen LogP) is 1.54. The van der Waals surface area contributed by atoms with Crippen molar-refractivity contribution in [3.05, 3.63) is 94.0 Å². The van der Waals surface area contributed by atoms with E-state index in [9.17, 15) is 31.7 Å². The Balaban J connectivity index is 0.000000255. The molecule has 1 heterocycles. The predicted molar refractivity (Wildman–Crippen MR) is 129 cm³/mol. The van der Waals surface area contributed by atoms with Crippen molar-refractivity contribution in [2.24, 2.45) is 0 Å². The maximum atomic E-state index is 12.0.